The number of nitrogens with one attached hydrogen (secondary N) is 1. The van der Waals surface area contributed by atoms with Crippen LogP contribution in [0.25, 0.3) is 0 Å². The summed E-state index contributed by atoms with van der Waals surface area (Å²) in [6, 6.07) is 0. The summed E-state index contributed by atoms with van der Waals surface area (Å²) in [6.45, 7) is 10.2. The third-order valence-corrected chi connectivity index (χ3v) is 2.21. The average molecular weight is 230 g/mol. The van der Waals surface area contributed by atoms with Gasteiger partial charge in [-0.15, -0.1) is 0 Å². The lowest BCUT2D eigenvalue weighted by Gasteiger charge is -2.25. The van der Waals surface area contributed by atoms with Gasteiger partial charge in [-0.1, -0.05) is 20.8 Å². The van der Waals surface area contributed by atoms with Gasteiger partial charge >= 0.3 is 0 Å². The van der Waals surface area contributed by atoms with Crippen molar-refractivity contribution in [1.29, 1.82) is 0 Å². The minimum absolute atomic E-state index is 0.0699. The molecule has 96 valence electrons. The highest BCUT2D eigenvalue weighted by molar-refractivity contribution is 5.79. The zero-order chi connectivity index (χ0) is 13.0. The zero-order valence-electron chi connectivity index (χ0n) is 11.1. The Kier molecular flexibility index (Phi) is 5.42. The number of amides is 1. The molecule has 0 spiro atoms. The van der Waals surface area contributed by atoms with Gasteiger partial charge in [0.2, 0.25) is 5.91 Å². The molecule has 0 heterocycles. The highest BCUT2D eigenvalue weighted by atomic mass is 16.3. The minimum Gasteiger partial charge on any atom is -0.389 e. The number of nitrogens with two attached hydrogens (primary N) is 1. The van der Waals surface area contributed by atoms with Gasteiger partial charge in [-0.2, -0.15) is 0 Å². The third kappa shape index (κ3) is 7.65. The van der Waals surface area contributed by atoms with E-state index in [2.05, 4.69) is 26.1 Å². The lowest BCUT2D eigenvalue weighted by Crippen LogP contribution is -2.43. The van der Waals surface area contributed by atoms with Crippen molar-refractivity contribution < 1.29 is 9.90 Å². The molecule has 1 unspecified atom stereocenters. The molecular formula is C12H26N2O2. The van der Waals surface area contributed by atoms with Crippen LogP contribution >= 0.6 is 0 Å². The van der Waals surface area contributed by atoms with Crippen molar-refractivity contribution in [3.8, 4) is 0 Å². The van der Waals surface area contributed by atoms with Crippen molar-refractivity contribution in [1.82, 2.24) is 5.32 Å². The fourth-order valence-electron chi connectivity index (χ4n) is 1.47. The van der Waals surface area contributed by atoms with Crippen LogP contribution < -0.4 is 11.1 Å². The van der Waals surface area contributed by atoms with Crippen molar-refractivity contribution in [2.24, 2.45) is 17.1 Å². The van der Waals surface area contributed by atoms with Crippen LogP contribution in [0.4, 0.5) is 0 Å². The van der Waals surface area contributed by atoms with Gasteiger partial charge in [0.05, 0.1) is 11.5 Å². The van der Waals surface area contributed by atoms with Gasteiger partial charge in [-0.3, -0.25) is 4.79 Å². The Morgan fingerprint density at radius 3 is 2.12 bits per heavy atom. The molecule has 0 aromatic heterocycles. The normalized spacial score (nSPS) is 14.7. The number of rotatable bonds is 5. The summed E-state index contributed by atoms with van der Waals surface area (Å²) >= 11 is 0. The number of aliphatic hydroxyl groups is 1. The first-order chi connectivity index (χ1) is 7.05. The van der Waals surface area contributed by atoms with E-state index in [0.717, 1.165) is 6.42 Å². The summed E-state index contributed by atoms with van der Waals surface area (Å²) in [7, 11) is 0. The molecule has 0 saturated heterocycles. The summed E-state index contributed by atoms with van der Waals surface area (Å²) in [5.74, 6) is -0.248. The van der Waals surface area contributed by atoms with E-state index in [1.807, 2.05) is 0 Å². The summed E-state index contributed by atoms with van der Waals surface area (Å²) in [5.41, 5.74) is 4.80. The van der Waals surface area contributed by atoms with Gasteiger partial charge in [0, 0.05) is 13.1 Å². The molecule has 4 heteroatoms. The molecular weight excluding hydrogens is 204 g/mol. The maximum absolute atomic E-state index is 11.8. The predicted octanol–water partition coefficient (Wildman–Crippen LogP) is 0.885. The molecule has 0 aliphatic rings. The van der Waals surface area contributed by atoms with E-state index in [-0.39, 0.29) is 23.8 Å². The first-order valence-corrected chi connectivity index (χ1v) is 5.75. The molecule has 16 heavy (non-hydrogen) atoms. The molecule has 1 amide bonds. The van der Waals surface area contributed by atoms with E-state index in [1.165, 1.54) is 0 Å². The number of carbonyl (C=O) groups excluding carboxylic acids is 1. The second kappa shape index (κ2) is 5.64. The van der Waals surface area contributed by atoms with Gasteiger partial charge in [-0.25, -0.2) is 0 Å². The summed E-state index contributed by atoms with van der Waals surface area (Å²) in [4.78, 5) is 11.8. The minimum atomic E-state index is -0.878. The van der Waals surface area contributed by atoms with Crippen LogP contribution in [0.15, 0.2) is 0 Å². The van der Waals surface area contributed by atoms with Crippen LogP contribution in [0, 0.1) is 11.3 Å². The van der Waals surface area contributed by atoms with Crippen molar-refractivity contribution in [3.05, 3.63) is 0 Å². The van der Waals surface area contributed by atoms with Gasteiger partial charge < -0.3 is 16.2 Å². The zero-order valence-corrected chi connectivity index (χ0v) is 11.1. The van der Waals surface area contributed by atoms with Crippen LogP contribution in [0.3, 0.4) is 0 Å². The number of carbonyl (C=O) groups is 1. The summed E-state index contributed by atoms with van der Waals surface area (Å²) in [6.07, 6.45) is 0.751. The first kappa shape index (κ1) is 15.4. The Morgan fingerprint density at radius 2 is 1.81 bits per heavy atom. The quantitative estimate of drug-likeness (QED) is 0.656. The van der Waals surface area contributed by atoms with Crippen molar-refractivity contribution in [2.45, 2.75) is 46.6 Å². The average Bonchev–Trinajstić information content (AvgIpc) is 2.07. The topological polar surface area (TPSA) is 75.4 Å². The van der Waals surface area contributed by atoms with Crippen LogP contribution in [-0.2, 0) is 4.79 Å². The fraction of sp³-hybridized carbons (Fsp3) is 0.917. The largest absolute Gasteiger partial charge is 0.389 e. The van der Waals surface area contributed by atoms with Crippen LogP contribution in [0.1, 0.15) is 41.0 Å². The fourth-order valence-corrected chi connectivity index (χ4v) is 1.47. The van der Waals surface area contributed by atoms with Crippen LogP contribution in [0.2, 0.25) is 0 Å². The second-order valence-corrected chi connectivity index (χ2v) is 6.23. The molecule has 4 N–H and O–H groups in total. The molecule has 0 aliphatic carbocycles. The Bertz CT molecular complexity index is 226. The van der Waals surface area contributed by atoms with Gasteiger partial charge in [-0.05, 0) is 25.7 Å². The van der Waals surface area contributed by atoms with Crippen molar-refractivity contribution >= 4 is 5.91 Å². The van der Waals surface area contributed by atoms with E-state index < -0.39 is 5.60 Å². The summed E-state index contributed by atoms with van der Waals surface area (Å²) < 4.78 is 0. The standard InChI is InChI=1S/C12H26N2O2/c1-11(2,3)6-9(7-13)10(15)14-8-12(4,5)16/h9,16H,6-8,13H2,1-5H3,(H,14,15). The molecule has 0 radical (unpaired) electrons. The van der Waals surface area contributed by atoms with Crippen molar-refractivity contribution in [3.63, 3.8) is 0 Å². The third-order valence-electron chi connectivity index (χ3n) is 2.21. The first-order valence-electron chi connectivity index (χ1n) is 5.75. The lowest BCUT2D eigenvalue weighted by atomic mass is 9.84. The van der Waals surface area contributed by atoms with Crippen LogP contribution in [0.5, 0.6) is 0 Å². The molecule has 0 rings (SSSR count). The lowest BCUT2D eigenvalue weighted by molar-refractivity contribution is -0.126. The van der Waals surface area contributed by atoms with Gasteiger partial charge in [0.15, 0.2) is 0 Å². The van der Waals surface area contributed by atoms with E-state index >= 15 is 0 Å². The molecule has 4 nitrogen and oxygen atoms in total. The Morgan fingerprint density at radius 1 is 1.31 bits per heavy atom. The van der Waals surface area contributed by atoms with Gasteiger partial charge in [0.25, 0.3) is 0 Å². The van der Waals surface area contributed by atoms with Gasteiger partial charge in [0.1, 0.15) is 0 Å². The molecule has 1 atom stereocenters. The number of hydrogen-bond acceptors (Lipinski definition) is 3. The Balaban J connectivity index is 4.22. The van der Waals surface area contributed by atoms with E-state index in [1.54, 1.807) is 13.8 Å². The number of hydrogen-bond donors (Lipinski definition) is 3. The monoisotopic (exact) mass is 230 g/mol. The molecule has 0 aliphatic heterocycles. The van der Waals surface area contributed by atoms with Crippen molar-refractivity contribution in [2.75, 3.05) is 13.1 Å². The maximum Gasteiger partial charge on any atom is 0.224 e. The molecule has 0 aromatic carbocycles. The Labute approximate surface area is 98.6 Å². The second-order valence-electron chi connectivity index (χ2n) is 6.23. The smallest absolute Gasteiger partial charge is 0.224 e. The molecule has 0 aromatic rings. The summed E-state index contributed by atoms with van der Waals surface area (Å²) in [5, 5.41) is 12.2. The predicted molar refractivity (Wildman–Crippen MR) is 65.9 cm³/mol. The SMILES string of the molecule is CC(C)(C)CC(CN)C(=O)NCC(C)(C)O. The molecule has 0 saturated carbocycles. The molecule has 0 fully saturated rings. The van der Waals surface area contributed by atoms with E-state index in [9.17, 15) is 9.90 Å². The highest BCUT2D eigenvalue weighted by Crippen LogP contribution is 2.24. The Hall–Kier alpha value is -0.610. The van der Waals surface area contributed by atoms with E-state index in [4.69, 9.17) is 5.73 Å². The van der Waals surface area contributed by atoms with Crippen LogP contribution in [-0.4, -0.2) is 29.7 Å². The maximum atomic E-state index is 11.8. The highest BCUT2D eigenvalue weighted by Gasteiger charge is 2.24. The molecule has 0 bridgehead atoms. The van der Waals surface area contributed by atoms with E-state index in [0.29, 0.717) is 6.54 Å².